The number of carbonyl (C=O) groups excluding carboxylic acids is 2. The van der Waals surface area contributed by atoms with E-state index in [1.807, 2.05) is 19.9 Å². The Morgan fingerprint density at radius 2 is 1.75 bits per heavy atom. The number of ether oxygens (including phenoxy) is 1. The van der Waals surface area contributed by atoms with Crippen molar-refractivity contribution in [1.82, 2.24) is 19.8 Å². The number of thioether (sulfide) groups is 1. The molecule has 0 radical (unpaired) electrons. The van der Waals surface area contributed by atoms with Crippen molar-refractivity contribution in [3.05, 3.63) is 41.1 Å². The Morgan fingerprint density at radius 1 is 1.11 bits per heavy atom. The summed E-state index contributed by atoms with van der Waals surface area (Å²) in [4.78, 5) is 36.5. The summed E-state index contributed by atoms with van der Waals surface area (Å²) < 4.78 is 10.7. The molecule has 150 valence electrons. The molecule has 8 nitrogen and oxygen atoms in total. The molecule has 0 unspecified atom stereocenters. The lowest BCUT2D eigenvalue weighted by molar-refractivity contribution is 0.0545. The van der Waals surface area contributed by atoms with E-state index in [4.69, 9.17) is 9.15 Å². The maximum Gasteiger partial charge on any atom is 0.409 e. The Balaban J connectivity index is 1.53. The van der Waals surface area contributed by atoms with Crippen molar-refractivity contribution in [2.24, 2.45) is 0 Å². The highest BCUT2D eigenvalue weighted by Crippen LogP contribution is 2.22. The van der Waals surface area contributed by atoms with E-state index in [9.17, 15) is 9.59 Å². The highest BCUT2D eigenvalue weighted by molar-refractivity contribution is 7.98. The number of carbonyl (C=O) groups is 2. The van der Waals surface area contributed by atoms with Crippen LogP contribution in [0.4, 0.5) is 4.79 Å². The van der Waals surface area contributed by atoms with Gasteiger partial charge < -0.3 is 19.0 Å². The smallest absolute Gasteiger partial charge is 0.409 e. The molecule has 2 aromatic rings. The standard InChI is InChI=1S/C19H24N4O4S/c1-4-26-19(25)23-9-7-22(8-10-23)17(24)16-6-5-15(27-16)12-28-18-20-13(2)11-14(3)21-18/h5-6,11H,4,7-10,12H2,1-3H3. The summed E-state index contributed by atoms with van der Waals surface area (Å²) in [6, 6.07) is 5.42. The zero-order chi connectivity index (χ0) is 20.1. The monoisotopic (exact) mass is 404 g/mol. The van der Waals surface area contributed by atoms with Gasteiger partial charge in [0.25, 0.3) is 5.91 Å². The number of hydrogen-bond acceptors (Lipinski definition) is 7. The van der Waals surface area contributed by atoms with E-state index >= 15 is 0 Å². The van der Waals surface area contributed by atoms with E-state index in [2.05, 4.69) is 9.97 Å². The van der Waals surface area contributed by atoms with Crippen LogP contribution in [-0.4, -0.2) is 64.6 Å². The van der Waals surface area contributed by atoms with Crippen molar-refractivity contribution in [3.63, 3.8) is 0 Å². The minimum Gasteiger partial charge on any atom is -0.455 e. The average molecular weight is 404 g/mol. The third-order valence-corrected chi connectivity index (χ3v) is 5.14. The van der Waals surface area contributed by atoms with Gasteiger partial charge in [-0.2, -0.15) is 0 Å². The molecule has 0 saturated carbocycles. The first kappa shape index (κ1) is 20.2. The van der Waals surface area contributed by atoms with Crippen molar-refractivity contribution in [1.29, 1.82) is 0 Å². The largest absolute Gasteiger partial charge is 0.455 e. The summed E-state index contributed by atoms with van der Waals surface area (Å²) in [7, 11) is 0. The highest BCUT2D eigenvalue weighted by Gasteiger charge is 2.27. The van der Waals surface area contributed by atoms with Gasteiger partial charge in [0.2, 0.25) is 0 Å². The summed E-state index contributed by atoms with van der Waals surface area (Å²) in [6.07, 6.45) is -0.333. The van der Waals surface area contributed by atoms with Crippen molar-refractivity contribution in [2.75, 3.05) is 32.8 Å². The van der Waals surface area contributed by atoms with E-state index in [1.54, 1.807) is 28.9 Å². The van der Waals surface area contributed by atoms with Crippen LogP contribution in [-0.2, 0) is 10.5 Å². The molecule has 0 aromatic carbocycles. The van der Waals surface area contributed by atoms with Crippen LogP contribution in [0.3, 0.4) is 0 Å². The van der Waals surface area contributed by atoms with Crippen LogP contribution >= 0.6 is 11.8 Å². The van der Waals surface area contributed by atoms with Gasteiger partial charge in [0.1, 0.15) is 5.76 Å². The first-order chi connectivity index (χ1) is 13.5. The van der Waals surface area contributed by atoms with Gasteiger partial charge >= 0.3 is 6.09 Å². The molecular weight excluding hydrogens is 380 g/mol. The quantitative estimate of drug-likeness (QED) is 0.559. The van der Waals surface area contributed by atoms with Crippen LogP contribution in [0.5, 0.6) is 0 Å². The molecule has 3 rings (SSSR count). The predicted octanol–water partition coefficient (Wildman–Crippen LogP) is 2.89. The second-order valence-corrected chi connectivity index (χ2v) is 7.41. The van der Waals surface area contributed by atoms with Crippen LogP contribution in [0.2, 0.25) is 0 Å². The second-order valence-electron chi connectivity index (χ2n) is 6.47. The van der Waals surface area contributed by atoms with Gasteiger partial charge in [-0.15, -0.1) is 0 Å². The van der Waals surface area contributed by atoms with Crippen LogP contribution in [0, 0.1) is 13.8 Å². The number of aryl methyl sites for hydroxylation is 2. The van der Waals surface area contributed by atoms with Crippen molar-refractivity contribution in [2.45, 2.75) is 31.7 Å². The predicted molar refractivity (Wildman–Crippen MR) is 104 cm³/mol. The van der Waals surface area contributed by atoms with Gasteiger partial charge in [-0.05, 0) is 39.0 Å². The Kier molecular flexibility index (Phi) is 6.56. The molecule has 28 heavy (non-hydrogen) atoms. The molecule has 1 fully saturated rings. The molecule has 0 bridgehead atoms. The second kappa shape index (κ2) is 9.09. The summed E-state index contributed by atoms with van der Waals surface area (Å²) in [5.74, 6) is 1.39. The molecule has 0 atom stereocenters. The molecule has 9 heteroatoms. The molecule has 0 spiro atoms. The van der Waals surface area contributed by atoms with Crippen molar-refractivity contribution >= 4 is 23.8 Å². The summed E-state index contributed by atoms with van der Waals surface area (Å²) in [5, 5.41) is 0.692. The normalized spacial score (nSPS) is 14.2. The molecule has 1 aliphatic heterocycles. The molecule has 1 saturated heterocycles. The maximum absolute atomic E-state index is 12.6. The van der Waals surface area contributed by atoms with Gasteiger partial charge in [-0.1, -0.05) is 11.8 Å². The lowest BCUT2D eigenvalue weighted by Gasteiger charge is -2.33. The van der Waals surface area contributed by atoms with Gasteiger partial charge in [0.05, 0.1) is 12.4 Å². The Bertz CT molecular complexity index is 826. The van der Waals surface area contributed by atoms with Crippen LogP contribution < -0.4 is 0 Å². The highest BCUT2D eigenvalue weighted by atomic mass is 32.2. The number of furan rings is 1. The zero-order valence-corrected chi connectivity index (χ0v) is 17.1. The van der Waals surface area contributed by atoms with Gasteiger partial charge in [-0.3, -0.25) is 4.79 Å². The first-order valence-corrected chi connectivity index (χ1v) is 10.2. The number of amides is 2. The fourth-order valence-electron chi connectivity index (χ4n) is 2.93. The summed E-state index contributed by atoms with van der Waals surface area (Å²) in [5.41, 5.74) is 1.85. The SMILES string of the molecule is CCOC(=O)N1CCN(C(=O)c2ccc(CSc3nc(C)cc(C)n3)o2)CC1. The number of aromatic nitrogens is 2. The summed E-state index contributed by atoms with van der Waals surface area (Å²) >= 11 is 1.47. The third-order valence-electron chi connectivity index (χ3n) is 4.27. The first-order valence-electron chi connectivity index (χ1n) is 9.21. The van der Waals surface area contributed by atoms with Crippen LogP contribution in [0.25, 0.3) is 0 Å². The van der Waals surface area contributed by atoms with E-state index in [-0.39, 0.29) is 12.0 Å². The fraction of sp³-hybridized carbons (Fsp3) is 0.474. The molecule has 2 amide bonds. The van der Waals surface area contributed by atoms with Gasteiger partial charge in [0.15, 0.2) is 10.9 Å². The van der Waals surface area contributed by atoms with Crippen molar-refractivity contribution in [3.8, 4) is 0 Å². The van der Waals surface area contributed by atoms with E-state index in [0.717, 1.165) is 11.4 Å². The number of rotatable bonds is 5. The number of hydrogen-bond donors (Lipinski definition) is 0. The van der Waals surface area contributed by atoms with Crippen LogP contribution in [0.15, 0.2) is 27.8 Å². The van der Waals surface area contributed by atoms with E-state index in [1.165, 1.54) is 11.8 Å². The van der Waals surface area contributed by atoms with E-state index < -0.39 is 0 Å². The molecular formula is C19H24N4O4S. The lowest BCUT2D eigenvalue weighted by Crippen LogP contribution is -2.50. The van der Waals surface area contributed by atoms with Crippen molar-refractivity contribution < 1.29 is 18.7 Å². The Labute approximate surface area is 168 Å². The summed E-state index contributed by atoms with van der Waals surface area (Å²) in [6.45, 7) is 7.82. The molecule has 0 N–H and O–H groups in total. The molecule has 1 aliphatic rings. The van der Waals surface area contributed by atoms with Crippen LogP contribution in [0.1, 0.15) is 34.6 Å². The number of nitrogens with zero attached hydrogens (tertiary/aromatic N) is 4. The van der Waals surface area contributed by atoms with E-state index in [0.29, 0.717) is 55.2 Å². The Hall–Kier alpha value is -2.55. The topological polar surface area (TPSA) is 88.8 Å². The molecule has 0 aliphatic carbocycles. The van der Waals surface area contributed by atoms with Gasteiger partial charge in [0, 0.05) is 37.6 Å². The Morgan fingerprint density at radius 3 is 2.39 bits per heavy atom. The fourth-order valence-corrected chi connectivity index (χ4v) is 3.77. The third kappa shape index (κ3) is 5.03. The average Bonchev–Trinajstić information content (AvgIpc) is 3.14. The maximum atomic E-state index is 12.6. The zero-order valence-electron chi connectivity index (χ0n) is 16.3. The lowest BCUT2D eigenvalue weighted by atomic mass is 10.3. The van der Waals surface area contributed by atoms with Gasteiger partial charge in [-0.25, -0.2) is 14.8 Å². The minimum absolute atomic E-state index is 0.164. The number of piperazine rings is 1. The molecule has 3 heterocycles. The minimum atomic E-state index is -0.333. The molecule has 2 aromatic heterocycles.